The van der Waals surface area contributed by atoms with Crippen LogP contribution in [-0.4, -0.2) is 15.9 Å². The smallest absolute Gasteiger partial charge is 0.252 e. The molecule has 4 nitrogen and oxygen atoms in total. The number of rotatable bonds is 3. The lowest BCUT2D eigenvalue weighted by Crippen LogP contribution is -2.26. The Kier molecular flexibility index (Phi) is 3.93. The molecule has 0 saturated carbocycles. The minimum atomic E-state index is -0.0393. The van der Waals surface area contributed by atoms with Crippen molar-refractivity contribution in [1.29, 1.82) is 0 Å². The van der Waals surface area contributed by atoms with Gasteiger partial charge in [-0.2, -0.15) is 0 Å². The van der Waals surface area contributed by atoms with E-state index in [4.69, 9.17) is 0 Å². The molecule has 1 aromatic heterocycles. The molecule has 0 radical (unpaired) electrons. The van der Waals surface area contributed by atoms with Crippen molar-refractivity contribution in [2.24, 2.45) is 0 Å². The molecule has 1 amide bonds. The van der Waals surface area contributed by atoms with Crippen molar-refractivity contribution in [2.45, 2.75) is 41.2 Å². The lowest BCUT2D eigenvalue weighted by molar-refractivity contribution is 0.0948. The number of benzene rings is 1. The van der Waals surface area contributed by atoms with Gasteiger partial charge in [0.05, 0.1) is 6.54 Å². The lowest BCUT2D eigenvalue weighted by atomic mass is 9.89. The number of nitrogens with zero attached hydrogens (tertiary/aromatic N) is 1. The van der Waals surface area contributed by atoms with Gasteiger partial charge in [-0.05, 0) is 62.4 Å². The zero-order chi connectivity index (χ0) is 14.9. The molecule has 2 N–H and O–H groups in total. The molecule has 2 aromatic rings. The SMILES string of the molecule is Cc1c(C)c(C)c(C(=O)NCc2ncc[nH]2)c(C)c1C. The first-order valence-electron chi connectivity index (χ1n) is 6.77. The number of aromatic nitrogens is 2. The molecule has 0 aliphatic rings. The largest absolute Gasteiger partial charge is 0.347 e. The van der Waals surface area contributed by atoms with Gasteiger partial charge < -0.3 is 10.3 Å². The normalized spacial score (nSPS) is 10.7. The molecule has 106 valence electrons. The fraction of sp³-hybridized carbons (Fsp3) is 0.375. The van der Waals surface area contributed by atoms with E-state index in [0.29, 0.717) is 6.54 Å². The second-order valence-electron chi connectivity index (χ2n) is 5.22. The van der Waals surface area contributed by atoms with Gasteiger partial charge in [0, 0.05) is 18.0 Å². The Balaban J connectivity index is 2.30. The van der Waals surface area contributed by atoms with E-state index in [-0.39, 0.29) is 5.91 Å². The molecule has 0 aliphatic heterocycles. The Morgan fingerprint density at radius 2 is 1.60 bits per heavy atom. The maximum Gasteiger partial charge on any atom is 0.252 e. The predicted octanol–water partition coefficient (Wildman–Crippen LogP) is 2.88. The van der Waals surface area contributed by atoms with Crippen molar-refractivity contribution in [2.75, 3.05) is 0 Å². The number of imidazole rings is 1. The molecule has 20 heavy (non-hydrogen) atoms. The highest BCUT2D eigenvalue weighted by atomic mass is 16.1. The maximum absolute atomic E-state index is 12.4. The molecule has 1 heterocycles. The van der Waals surface area contributed by atoms with E-state index < -0.39 is 0 Å². The van der Waals surface area contributed by atoms with Gasteiger partial charge in [0.1, 0.15) is 5.82 Å². The summed E-state index contributed by atoms with van der Waals surface area (Å²) < 4.78 is 0. The molecular weight excluding hydrogens is 250 g/mol. The molecular formula is C16H21N3O. The Labute approximate surface area is 119 Å². The van der Waals surface area contributed by atoms with Crippen LogP contribution in [0.2, 0.25) is 0 Å². The Morgan fingerprint density at radius 1 is 1.05 bits per heavy atom. The highest BCUT2D eigenvalue weighted by Crippen LogP contribution is 2.25. The predicted molar refractivity (Wildman–Crippen MR) is 79.9 cm³/mol. The average Bonchev–Trinajstić information content (AvgIpc) is 2.94. The number of carbonyl (C=O) groups excluding carboxylic acids is 1. The summed E-state index contributed by atoms with van der Waals surface area (Å²) >= 11 is 0. The van der Waals surface area contributed by atoms with Crippen LogP contribution in [0.1, 0.15) is 44.0 Å². The van der Waals surface area contributed by atoms with E-state index in [2.05, 4.69) is 36.1 Å². The van der Waals surface area contributed by atoms with Gasteiger partial charge in [-0.1, -0.05) is 0 Å². The van der Waals surface area contributed by atoms with E-state index in [1.54, 1.807) is 12.4 Å². The number of nitrogens with one attached hydrogen (secondary N) is 2. The Morgan fingerprint density at radius 3 is 2.10 bits per heavy atom. The van der Waals surface area contributed by atoms with Gasteiger partial charge in [0.15, 0.2) is 0 Å². The molecule has 1 aromatic carbocycles. The number of hydrogen-bond donors (Lipinski definition) is 2. The highest BCUT2D eigenvalue weighted by molar-refractivity contribution is 5.97. The Hall–Kier alpha value is -2.10. The third kappa shape index (κ3) is 2.46. The van der Waals surface area contributed by atoms with Crippen molar-refractivity contribution in [1.82, 2.24) is 15.3 Å². The van der Waals surface area contributed by atoms with Crippen LogP contribution in [-0.2, 0) is 6.54 Å². The van der Waals surface area contributed by atoms with Crippen LogP contribution >= 0.6 is 0 Å². The minimum Gasteiger partial charge on any atom is -0.347 e. The summed E-state index contributed by atoms with van der Waals surface area (Å²) in [5, 5.41) is 2.92. The second-order valence-corrected chi connectivity index (χ2v) is 5.22. The number of carbonyl (C=O) groups is 1. The molecule has 0 saturated heterocycles. The third-order valence-corrected chi connectivity index (χ3v) is 4.20. The zero-order valence-electron chi connectivity index (χ0n) is 12.7. The standard InChI is InChI=1S/C16H21N3O/c1-9-10(2)12(4)15(13(5)11(9)3)16(20)19-8-14-17-6-7-18-14/h6-7H,8H2,1-5H3,(H,17,18)(H,19,20). The van der Waals surface area contributed by atoms with E-state index in [1.807, 2.05) is 13.8 Å². The molecule has 0 spiro atoms. The number of H-pyrrole nitrogens is 1. The summed E-state index contributed by atoms with van der Waals surface area (Å²) in [6, 6.07) is 0. The number of hydrogen-bond acceptors (Lipinski definition) is 2. The number of amides is 1. The summed E-state index contributed by atoms with van der Waals surface area (Å²) in [5.41, 5.74) is 6.55. The first-order valence-corrected chi connectivity index (χ1v) is 6.77. The van der Waals surface area contributed by atoms with Crippen LogP contribution in [0.4, 0.5) is 0 Å². The van der Waals surface area contributed by atoms with Crippen molar-refractivity contribution in [3.05, 3.63) is 51.6 Å². The summed E-state index contributed by atoms with van der Waals surface area (Å²) in [4.78, 5) is 19.5. The quantitative estimate of drug-likeness (QED) is 0.901. The topological polar surface area (TPSA) is 57.8 Å². The van der Waals surface area contributed by atoms with Crippen LogP contribution in [0.3, 0.4) is 0 Å². The van der Waals surface area contributed by atoms with Crippen LogP contribution in [0.15, 0.2) is 12.4 Å². The number of aromatic amines is 1. The summed E-state index contributed by atoms with van der Waals surface area (Å²) in [7, 11) is 0. The van der Waals surface area contributed by atoms with Gasteiger partial charge in [0.25, 0.3) is 5.91 Å². The molecule has 4 heteroatoms. The van der Waals surface area contributed by atoms with Gasteiger partial charge in [-0.25, -0.2) is 4.98 Å². The van der Waals surface area contributed by atoms with Crippen molar-refractivity contribution >= 4 is 5.91 Å². The first kappa shape index (κ1) is 14.3. The van der Waals surface area contributed by atoms with Crippen molar-refractivity contribution in [3.63, 3.8) is 0 Å². The summed E-state index contributed by atoms with van der Waals surface area (Å²) in [6.45, 7) is 10.7. The van der Waals surface area contributed by atoms with E-state index in [0.717, 1.165) is 22.5 Å². The molecule has 0 atom stereocenters. The molecule has 0 unspecified atom stereocenters. The minimum absolute atomic E-state index is 0.0393. The molecule has 0 aliphatic carbocycles. The van der Waals surface area contributed by atoms with E-state index in [1.165, 1.54) is 16.7 Å². The molecule has 2 rings (SSSR count). The van der Waals surface area contributed by atoms with Gasteiger partial charge in [-0.15, -0.1) is 0 Å². The summed E-state index contributed by atoms with van der Waals surface area (Å²) in [5.74, 6) is 0.719. The summed E-state index contributed by atoms with van der Waals surface area (Å²) in [6.07, 6.45) is 3.43. The first-order chi connectivity index (χ1) is 9.43. The lowest BCUT2D eigenvalue weighted by Gasteiger charge is -2.18. The van der Waals surface area contributed by atoms with Gasteiger partial charge >= 0.3 is 0 Å². The average molecular weight is 271 g/mol. The van der Waals surface area contributed by atoms with Crippen LogP contribution in [0.5, 0.6) is 0 Å². The third-order valence-electron chi connectivity index (χ3n) is 4.20. The fourth-order valence-electron chi connectivity index (χ4n) is 2.49. The zero-order valence-corrected chi connectivity index (χ0v) is 12.7. The van der Waals surface area contributed by atoms with E-state index in [9.17, 15) is 4.79 Å². The maximum atomic E-state index is 12.4. The highest BCUT2D eigenvalue weighted by Gasteiger charge is 2.17. The monoisotopic (exact) mass is 271 g/mol. The Bertz CT molecular complexity index is 613. The van der Waals surface area contributed by atoms with E-state index >= 15 is 0 Å². The van der Waals surface area contributed by atoms with Gasteiger partial charge in [-0.3, -0.25) is 4.79 Å². The second kappa shape index (κ2) is 5.49. The molecule has 0 bridgehead atoms. The molecule has 0 fully saturated rings. The van der Waals surface area contributed by atoms with Crippen LogP contribution in [0, 0.1) is 34.6 Å². The fourth-order valence-corrected chi connectivity index (χ4v) is 2.49. The van der Waals surface area contributed by atoms with Crippen LogP contribution < -0.4 is 5.32 Å². The van der Waals surface area contributed by atoms with Crippen LogP contribution in [0.25, 0.3) is 0 Å². The van der Waals surface area contributed by atoms with Gasteiger partial charge in [0.2, 0.25) is 0 Å². The van der Waals surface area contributed by atoms with Crippen molar-refractivity contribution in [3.8, 4) is 0 Å². The van der Waals surface area contributed by atoms with Crippen molar-refractivity contribution < 1.29 is 4.79 Å².